The molecule has 29 heavy (non-hydrogen) atoms. The summed E-state index contributed by atoms with van der Waals surface area (Å²) < 4.78 is 19.5. The Morgan fingerprint density at radius 1 is 1.00 bits per heavy atom. The average molecular weight is 387 g/mol. The summed E-state index contributed by atoms with van der Waals surface area (Å²) in [6.45, 7) is 2.40. The number of aromatic nitrogens is 1. The Morgan fingerprint density at radius 3 is 2.52 bits per heavy atom. The number of hydrogen-bond acceptors (Lipinski definition) is 3. The van der Waals surface area contributed by atoms with E-state index in [0.29, 0.717) is 23.6 Å². The molecule has 3 aromatic carbocycles. The van der Waals surface area contributed by atoms with Crippen LogP contribution >= 0.6 is 0 Å². The fraction of sp³-hybridized carbons (Fsp3) is 0.0833. The standard InChI is InChI=1S/C24H18FNO3/c1-2-29-23-12-16(8-10-18(23)15-6-4-3-5-7-15)22-14-20(24(27)28)19-13-17(25)9-11-21(19)26-22/h3-14H,2H2,1H3,(H,27,28). The van der Waals surface area contributed by atoms with E-state index in [1.54, 1.807) is 0 Å². The molecule has 0 fully saturated rings. The first-order chi connectivity index (χ1) is 14.1. The highest BCUT2D eigenvalue weighted by atomic mass is 19.1. The number of carbonyl (C=O) groups is 1. The maximum Gasteiger partial charge on any atom is 0.336 e. The molecule has 0 spiro atoms. The summed E-state index contributed by atoms with van der Waals surface area (Å²) in [5.41, 5.74) is 3.61. The second-order valence-electron chi connectivity index (χ2n) is 6.53. The molecule has 0 saturated carbocycles. The molecular weight excluding hydrogens is 369 g/mol. The number of hydrogen-bond donors (Lipinski definition) is 1. The lowest BCUT2D eigenvalue weighted by atomic mass is 9.99. The zero-order valence-electron chi connectivity index (χ0n) is 15.7. The third-order valence-corrected chi connectivity index (χ3v) is 4.66. The summed E-state index contributed by atoms with van der Waals surface area (Å²) in [4.78, 5) is 16.3. The van der Waals surface area contributed by atoms with Crippen LogP contribution in [0, 0.1) is 5.82 Å². The smallest absolute Gasteiger partial charge is 0.336 e. The van der Waals surface area contributed by atoms with Gasteiger partial charge < -0.3 is 9.84 Å². The molecule has 0 atom stereocenters. The third-order valence-electron chi connectivity index (χ3n) is 4.66. The highest BCUT2D eigenvalue weighted by Gasteiger charge is 2.15. The van der Waals surface area contributed by atoms with Crippen molar-refractivity contribution in [2.45, 2.75) is 6.92 Å². The first kappa shape index (κ1) is 18.6. The molecule has 0 aliphatic rings. The molecule has 4 aromatic rings. The van der Waals surface area contributed by atoms with Crippen molar-refractivity contribution in [3.8, 4) is 28.1 Å². The van der Waals surface area contributed by atoms with Crippen LogP contribution < -0.4 is 4.74 Å². The van der Waals surface area contributed by atoms with Crippen LogP contribution in [-0.2, 0) is 0 Å². The molecule has 5 heteroatoms. The van der Waals surface area contributed by atoms with E-state index in [1.165, 1.54) is 24.3 Å². The number of halogens is 1. The van der Waals surface area contributed by atoms with E-state index >= 15 is 0 Å². The number of carboxylic acid groups (broad SMARTS) is 1. The van der Waals surface area contributed by atoms with Crippen LogP contribution in [-0.4, -0.2) is 22.7 Å². The van der Waals surface area contributed by atoms with Gasteiger partial charge in [0.2, 0.25) is 0 Å². The highest BCUT2D eigenvalue weighted by molar-refractivity contribution is 6.03. The molecule has 0 unspecified atom stereocenters. The van der Waals surface area contributed by atoms with Crippen molar-refractivity contribution in [3.05, 3.63) is 84.2 Å². The molecule has 1 heterocycles. The zero-order chi connectivity index (χ0) is 20.4. The third kappa shape index (κ3) is 3.67. The van der Waals surface area contributed by atoms with Crippen LogP contribution in [0.4, 0.5) is 4.39 Å². The normalized spacial score (nSPS) is 10.8. The van der Waals surface area contributed by atoms with Gasteiger partial charge in [-0.05, 0) is 48.9 Å². The first-order valence-corrected chi connectivity index (χ1v) is 9.23. The van der Waals surface area contributed by atoms with Gasteiger partial charge in [-0.25, -0.2) is 14.2 Å². The van der Waals surface area contributed by atoms with E-state index in [1.807, 2.05) is 55.5 Å². The Bertz CT molecular complexity index is 1210. The molecule has 0 radical (unpaired) electrons. The van der Waals surface area contributed by atoms with Crippen molar-refractivity contribution in [1.29, 1.82) is 0 Å². The van der Waals surface area contributed by atoms with Crippen LogP contribution in [0.3, 0.4) is 0 Å². The lowest BCUT2D eigenvalue weighted by Gasteiger charge is -2.13. The van der Waals surface area contributed by atoms with E-state index in [2.05, 4.69) is 4.98 Å². The van der Waals surface area contributed by atoms with E-state index in [0.717, 1.165) is 16.7 Å². The Labute approximate surface area is 167 Å². The number of rotatable bonds is 5. The molecule has 0 saturated heterocycles. The number of ether oxygens (including phenoxy) is 1. The van der Waals surface area contributed by atoms with Crippen molar-refractivity contribution in [1.82, 2.24) is 4.98 Å². The minimum Gasteiger partial charge on any atom is -0.493 e. The predicted octanol–water partition coefficient (Wildman–Crippen LogP) is 5.80. The quantitative estimate of drug-likeness (QED) is 0.470. The molecule has 4 nitrogen and oxygen atoms in total. The Morgan fingerprint density at radius 2 is 1.79 bits per heavy atom. The molecular formula is C24H18FNO3. The minimum atomic E-state index is -1.13. The topological polar surface area (TPSA) is 59.4 Å². The largest absolute Gasteiger partial charge is 0.493 e. The fourth-order valence-corrected chi connectivity index (χ4v) is 3.34. The monoisotopic (exact) mass is 387 g/mol. The predicted molar refractivity (Wildman–Crippen MR) is 111 cm³/mol. The molecule has 1 N–H and O–H groups in total. The molecule has 0 amide bonds. The molecule has 4 rings (SSSR count). The second kappa shape index (κ2) is 7.72. The summed E-state index contributed by atoms with van der Waals surface area (Å²) in [5, 5.41) is 9.87. The van der Waals surface area contributed by atoms with Crippen molar-refractivity contribution >= 4 is 16.9 Å². The molecule has 1 aromatic heterocycles. The van der Waals surface area contributed by atoms with E-state index in [9.17, 15) is 14.3 Å². The number of aromatic carboxylic acids is 1. The molecule has 0 aliphatic carbocycles. The minimum absolute atomic E-state index is 0.00888. The number of fused-ring (bicyclic) bond motifs is 1. The summed E-state index contributed by atoms with van der Waals surface area (Å²) in [6, 6.07) is 21.0. The summed E-state index contributed by atoms with van der Waals surface area (Å²) in [7, 11) is 0. The van der Waals surface area contributed by atoms with Gasteiger partial charge in [0.1, 0.15) is 11.6 Å². The van der Waals surface area contributed by atoms with Gasteiger partial charge >= 0.3 is 5.97 Å². The van der Waals surface area contributed by atoms with Gasteiger partial charge in [-0.3, -0.25) is 0 Å². The fourth-order valence-electron chi connectivity index (χ4n) is 3.34. The van der Waals surface area contributed by atoms with Gasteiger partial charge in [0.25, 0.3) is 0 Å². The maximum atomic E-state index is 13.6. The van der Waals surface area contributed by atoms with Crippen LogP contribution in [0.5, 0.6) is 5.75 Å². The van der Waals surface area contributed by atoms with E-state index in [-0.39, 0.29) is 10.9 Å². The number of carboxylic acids is 1. The highest BCUT2D eigenvalue weighted by Crippen LogP contribution is 2.35. The van der Waals surface area contributed by atoms with Gasteiger partial charge in [-0.15, -0.1) is 0 Å². The van der Waals surface area contributed by atoms with Gasteiger partial charge in [0.15, 0.2) is 0 Å². The number of nitrogens with zero attached hydrogens (tertiary/aromatic N) is 1. The number of pyridine rings is 1. The van der Waals surface area contributed by atoms with Crippen LogP contribution in [0.25, 0.3) is 33.3 Å². The second-order valence-corrected chi connectivity index (χ2v) is 6.53. The van der Waals surface area contributed by atoms with Gasteiger partial charge in [-0.2, -0.15) is 0 Å². The van der Waals surface area contributed by atoms with Crippen molar-refractivity contribution in [2.75, 3.05) is 6.61 Å². The summed E-state index contributed by atoms with van der Waals surface area (Å²) in [5.74, 6) is -0.940. The zero-order valence-corrected chi connectivity index (χ0v) is 15.7. The molecule has 0 aliphatic heterocycles. The molecule has 144 valence electrons. The van der Waals surface area contributed by atoms with Crippen LogP contribution in [0.1, 0.15) is 17.3 Å². The van der Waals surface area contributed by atoms with E-state index in [4.69, 9.17) is 4.74 Å². The van der Waals surface area contributed by atoms with Crippen LogP contribution in [0.2, 0.25) is 0 Å². The van der Waals surface area contributed by atoms with E-state index < -0.39 is 11.8 Å². The maximum absolute atomic E-state index is 13.6. The van der Waals surface area contributed by atoms with Crippen molar-refractivity contribution < 1.29 is 19.0 Å². The van der Waals surface area contributed by atoms with Gasteiger partial charge in [0, 0.05) is 16.5 Å². The number of benzene rings is 3. The Kier molecular flexibility index (Phi) is 4.96. The lowest BCUT2D eigenvalue weighted by Crippen LogP contribution is -2.01. The van der Waals surface area contributed by atoms with Crippen LogP contribution in [0.15, 0.2) is 72.8 Å². The summed E-state index contributed by atoms with van der Waals surface area (Å²) in [6.07, 6.45) is 0. The summed E-state index contributed by atoms with van der Waals surface area (Å²) >= 11 is 0. The average Bonchev–Trinajstić information content (AvgIpc) is 2.73. The Balaban J connectivity index is 1.88. The van der Waals surface area contributed by atoms with Gasteiger partial charge in [-0.1, -0.05) is 36.4 Å². The van der Waals surface area contributed by atoms with Crippen molar-refractivity contribution in [2.24, 2.45) is 0 Å². The lowest BCUT2D eigenvalue weighted by molar-refractivity contribution is 0.0699. The molecule has 0 bridgehead atoms. The van der Waals surface area contributed by atoms with Crippen molar-refractivity contribution in [3.63, 3.8) is 0 Å². The van der Waals surface area contributed by atoms with Gasteiger partial charge in [0.05, 0.1) is 23.4 Å². The Hall–Kier alpha value is -3.73. The first-order valence-electron chi connectivity index (χ1n) is 9.23. The SMILES string of the molecule is CCOc1cc(-c2cc(C(=O)O)c3cc(F)ccc3n2)ccc1-c1ccccc1.